The van der Waals surface area contributed by atoms with Gasteiger partial charge in [-0.3, -0.25) is 0 Å². The summed E-state index contributed by atoms with van der Waals surface area (Å²) in [5.41, 5.74) is 3.78. The van der Waals surface area contributed by atoms with Crippen LogP contribution in [0.5, 0.6) is 0 Å². The summed E-state index contributed by atoms with van der Waals surface area (Å²) in [5, 5.41) is 0. The molecule has 0 N–H and O–H groups in total. The molecule has 3 rings (SSSR count). The molecule has 0 amide bonds. The largest absolute Gasteiger partial charge is 0.380 e. The van der Waals surface area contributed by atoms with Gasteiger partial charge in [0.05, 0.1) is 6.61 Å². The summed E-state index contributed by atoms with van der Waals surface area (Å²) in [4.78, 5) is 0. The third kappa shape index (κ3) is 1.83. The summed E-state index contributed by atoms with van der Waals surface area (Å²) in [7, 11) is 1.73. The van der Waals surface area contributed by atoms with Crippen molar-refractivity contribution in [2.75, 3.05) is 7.11 Å². The van der Waals surface area contributed by atoms with Crippen molar-refractivity contribution in [3.63, 3.8) is 0 Å². The Kier molecular flexibility index (Phi) is 2.61. The van der Waals surface area contributed by atoms with Crippen molar-refractivity contribution in [2.45, 2.75) is 19.7 Å². The van der Waals surface area contributed by atoms with E-state index in [-0.39, 0.29) is 0 Å². The van der Waals surface area contributed by atoms with Crippen LogP contribution in [0.2, 0.25) is 0 Å². The number of pyridine rings is 2. The summed E-state index contributed by atoms with van der Waals surface area (Å²) < 4.78 is 9.78. The maximum absolute atomic E-state index is 5.17. The van der Waals surface area contributed by atoms with Crippen LogP contribution in [0.4, 0.5) is 0 Å². The van der Waals surface area contributed by atoms with Gasteiger partial charge in [-0.05, 0) is 12.1 Å². The molecule has 3 heterocycles. The number of ether oxygens (including phenoxy) is 1. The van der Waals surface area contributed by atoms with Crippen LogP contribution in [-0.4, -0.2) is 7.11 Å². The number of aryl methyl sites for hydroxylation is 2. The van der Waals surface area contributed by atoms with Gasteiger partial charge in [-0.25, -0.2) is 0 Å². The number of hydrogen-bond donors (Lipinski definition) is 0. The Bertz CT molecular complexity index is 552. The highest BCUT2D eigenvalue weighted by molar-refractivity contribution is 5.46. The first kappa shape index (κ1) is 10.4. The average molecular weight is 228 g/mol. The lowest BCUT2D eigenvalue weighted by atomic mass is 10.1. The first-order chi connectivity index (χ1) is 8.38. The molecule has 0 unspecified atom stereocenters. The van der Waals surface area contributed by atoms with Crippen LogP contribution in [0.15, 0.2) is 42.7 Å². The molecule has 0 spiro atoms. The van der Waals surface area contributed by atoms with E-state index in [1.807, 2.05) is 0 Å². The van der Waals surface area contributed by atoms with Crippen LogP contribution in [0, 0.1) is 0 Å². The Morgan fingerprint density at radius 2 is 1.88 bits per heavy atom. The second-order valence-electron chi connectivity index (χ2n) is 4.33. The molecule has 3 nitrogen and oxygen atoms in total. The Hall–Kier alpha value is -1.74. The molecule has 0 aromatic carbocycles. The lowest BCUT2D eigenvalue weighted by Crippen LogP contribution is -2.53. The summed E-state index contributed by atoms with van der Waals surface area (Å²) in [6, 6.07) is 10.7. The van der Waals surface area contributed by atoms with E-state index in [4.69, 9.17) is 4.74 Å². The minimum atomic E-state index is 0.676. The molecule has 3 heteroatoms. The maximum Gasteiger partial charge on any atom is 0.277 e. The van der Waals surface area contributed by atoms with Gasteiger partial charge in [0, 0.05) is 30.9 Å². The number of fused-ring (bicyclic) bond motifs is 3. The van der Waals surface area contributed by atoms with E-state index >= 15 is 0 Å². The van der Waals surface area contributed by atoms with E-state index in [1.165, 1.54) is 17.0 Å². The molecule has 0 saturated heterocycles. The third-order valence-corrected chi connectivity index (χ3v) is 3.18. The highest BCUT2D eigenvalue weighted by Gasteiger charge is 2.28. The molecule has 17 heavy (non-hydrogen) atoms. The molecule has 86 valence electrons. The molecule has 1 aliphatic heterocycles. The Balaban J connectivity index is 2.08. The van der Waals surface area contributed by atoms with Crippen LogP contribution < -0.4 is 9.13 Å². The van der Waals surface area contributed by atoms with Gasteiger partial charge in [-0.1, -0.05) is 0 Å². The standard InChI is InChI=1S/C14H16N2O/c1-17-11-12-5-6-14-13-4-2-3-7-15(13)8-9-16(14)10-12/h2-7,10H,8-9,11H2,1H3/q+2. The predicted octanol–water partition coefficient (Wildman–Crippen LogP) is 1.09. The maximum atomic E-state index is 5.17. The van der Waals surface area contributed by atoms with Gasteiger partial charge >= 0.3 is 0 Å². The van der Waals surface area contributed by atoms with Crippen molar-refractivity contribution in [1.82, 2.24) is 0 Å². The molecular formula is C14H16N2O+2. The lowest BCUT2D eigenvalue weighted by Gasteiger charge is -2.10. The second kappa shape index (κ2) is 4.26. The smallest absolute Gasteiger partial charge is 0.277 e. The molecule has 2 aromatic heterocycles. The van der Waals surface area contributed by atoms with Crippen LogP contribution in [0.25, 0.3) is 11.4 Å². The Labute approximate surface area is 101 Å². The third-order valence-electron chi connectivity index (χ3n) is 3.18. The van der Waals surface area contributed by atoms with Gasteiger partial charge in [-0.15, -0.1) is 0 Å². The summed E-state index contributed by atoms with van der Waals surface area (Å²) in [6.07, 6.45) is 4.33. The Morgan fingerprint density at radius 3 is 2.76 bits per heavy atom. The topological polar surface area (TPSA) is 17.0 Å². The van der Waals surface area contributed by atoms with E-state index < -0.39 is 0 Å². The van der Waals surface area contributed by atoms with Crippen molar-refractivity contribution < 1.29 is 13.9 Å². The SMILES string of the molecule is COCc1ccc2[n+](c1)CC[n+]1ccccc1-2. The molecule has 0 aliphatic carbocycles. The second-order valence-corrected chi connectivity index (χ2v) is 4.33. The number of nitrogens with zero attached hydrogens (tertiary/aromatic N) is 2. The first-order valence-electron chi connectivity index (χ1n) is 5.88. The van der Waals surface area contributed by atoms with E-state index in [1.54, 1.807) is 7.11 Å². The van der Waals surface area contributed by atoms with E-state index in [0.717, 1.165) is 13.1 Å². The fourth-order valence-electron chi connectivity index (χ4n) is 2.38. The van der Waals surface area contributed by atoms with Crippen LogP contribution in [0.1, 0.15) is 5.56 Å². The summed E-state index contributed by atoms with van der Waals surface area (Å²) in [6.45, 7) is 2.73. The molecule has 0 fully saturated rings. The summed E-state index contributed by atoms with van der Waals surface area (Å²) in [5.74, 6) is 0. The molecule has 2 aromatic rings. The van der Waals surface area contributed by atoms with Gasteiger partial charge in [0.15, 0.2) is 12.4 Å². The van der Waals surface area contributed by atoms with Crippen molar-refractivity contribution in [2.24, 2.45) is 0 Å². The van der Waals surface area contributed by atoms with Gasteiger partial charge in [0.25, 0.3) is 11.4 Å². The lowest BCUT2D eigenvalue weighted by molar-refractivity contribution is -0.795. The molecule has 0 bridgehead atoms. The normalized spacial score (nSPS) is 13.0. The molecular weight excluding hydrogens is 212 g/mol. The monoisotopic (exact) mass is 228 g/mol. The minimum absolute atomic E-state index is 0.676. The first-order valence-corrected chi connectivity index (χ1v) is 5.88. The van der Waals surface area contributed by atoms with E-state index in [0.29, 0.717) is 6.61 Å². The highest BCUT2D eigenvalue weighted by Crippen LogP contribution is 2.14. The quantitative estimate of drug-likeness (QED) is 0.703. The molecule has 0 atom stereocenters. The van der Waals surface area contributed by atoms with Crippen LogP contribution in [0.3, 0.4) is 0 Å². The molecule has 0 saturated carbocycles. The van der Waals surface area contributed by atoms with Crippen molar-refractivity contribution in [3.05, 3.63) is 48.3 Å². The van der Waals surface area contributed by atoms with Crippen LogP contribution >= 0.6 is 0 Å². The van der Waals surface area contributed by atoms with Gasteiger partial charge in [0.1, 0.15) is 0 Å². The van der Waals surface area contributed by atoms with E-state index in [9.17, 15) is 0 Å². The average Bonchev–Trinajstić information content (AvgIpc) is 2.39. The summed E-state index contributed by atoms with van der Waals surface area (Å²) >= 11 is 0. The van der Waals surface area contributed by atoms with E-state index in [2.05, 4.69) is 51.9 Å². The number of methoxy groups -OCH3 is 1. The van der Waals surface area contributed by atoms with Crippen molar-refractivity contribution >= 4 is 0 Å². The number of rotatable bonds is 2. The number of aromatic nitrogens is 2. The Morgan fingerprint density at radius 1 is 1.06 bits per heavy atom. The minimum Gasteiger partial charge on any atom is -0.380 e. The van der Waals surface area contributed by atoms with Crippen molar-refractivity contribution in [1.29, 1.82) is 0 Å². The van der Waals surface area contributed by atoms with Crippen molar-refractivity contribution in [3.8, 4) is 11.4 Å². The fourth-order valence-corrected chi connectivity index (χ4v) is 2.38. The molecule has 0 radical (unpaired) electrons. The van der Waals surface area contributed by atoms with Gasteiger partial charge in [-0.2, -0.15) is 9.13 Å². The number of hydrogen-bond acceptors (Lipinski definition) is 1. The van der Waals surface area contributed by atoms with Gasteiger partial charge in [0.2, 0.25) is 13.1 Å². The molecule has 1 aliphatic rings. The van der Waals surface area contributed by atoms with Crippen LogP contribution in [-0.2, 0) is 24.4 Å². The zero-order valence-corrected chi connectivity index (χ0v) is 9.97. The predicted molar refractivity (Wildman–Crippen MR) is 63.0 cm³/mol. The highest BCUT2D eigenvalue weighted by atomic mass is 16.5. The zero-order chi connectivity index (χ0) is 11.7. The van der Waals surface area contributed by atoms with Gasteiger partial charge < -0.3 is 4.74 Å². The zero-order valence-electron chi connectivity index (χ0n) is 9.97. The fraction of sp³-hybridized carbons (Fsp3) is 0.286.